The van der Waals surface area contributed by atoms with Gasteiger partial charge >= 0.3 is 0 Å². The van der Waals surface area contributed by atoms with Crippen LogP contribution in [0.5, 0.6) is 0 Å². The molecule has 0 aliphatic rings. The molecule has 1 N–H and O–H groups in total. The lowest BCUT2D eigenvalue weighted by atomic mass is 10.4. The minimum Gasteiger partial charge on any atom is -0.313 e. The highest BCUT2D eigenvalue weighted by molar-refractivity contribution is 6.99. The number of nitrogens with one attached hydrogen (secondary N) is 1. The topological polar surface area (TPSA) is 41.0 Å². The van der Waals surface area contributed by atoms with Crippen molar-refractivity contribution in [3.63, 3.8) is 0 Å². The van der Waals surface area contributed by atoms with Gasteiger partial charge in [-0.2, -0.15) is 8.75 Å². The second-order valence-corrected chi connectivity index (χ2v) is 4.30. The molecule has 1 aromatic heterocycles. The maximum atomic E-state index is 4.17. The highest BCUT2D eigenvalue weighted by atomic mass is 32.1. The van der Waals surface area contributed by atoms with Crippen LogP contribution >= 0.6 is 11.7 Å². The van der Waals surface area contributed by atoms with Gasteiger partial charge in [-0.1, -0.05) is 13.8 Å². The lowest BCUT2D eigenvalue weighted by Gasteiger charge is -2.16. The van der Waals surface area contributed by atoms with Gasteiger partial charge in [0.2, 0.25) is 0 Å². The van der Waals surface area contributed by atoms with Gasteiger partial charge in [0.05, 0.1) is 23.6 Å². The Morgan fingerprint density at radius 2 is 2.36 bits per heavy atom. The summed E-state index contributed by atoms with van der Waals surface area (Å²) in [6.45, 7) is 7.26. The van der Waals surface area contributed by atoms with Crippen molar-refractivity contribution >= 4 is 11.7 Å². The van der Waals surface area contributed by atoms with Gasteiger partial charge in [-0.05, 0) is 7.05 Å². The fourth-order valence-electron chi connectivity index (χ4n) is 1.15. The van der Waals surface area contributed by atoms with Crippen LogP contribution in [-0.2, 0) is 6.54 Å². The third-order valence-corrected chi connectivity index (χ3v) is 2.40. The first kappa shape index (κ1) is 11.6. The highest BCUT2D eigenvalue weighted by Gasteiger charge is 2.02. The molecule has 0 saturated carbocycles. The Labute approximate surface area is 89.7 Å². The molecule has 1 aromatic rings. The lowest BCUT2D eigenvalue weighted by Crippen LogP contribution is -2.32. The Morgan fingerprint density at radius 3 is 2.93 bits per heavy atom. The van der Waals surface area contributed by atoms with Crippen molar-refractivity contribution in [3.8, 4) is 0 Å². The van der Waals surface area contributed by atoms with Gasteiger partial charge in [-0.15, -0.1) is 0 Å². The number of aromatic nitrogens is 2. The third kappa shape index (κ3) is 4.64. The molecular weight excluding hydrogens is 196 g/mol. The lowest BCUT2D eigenvalue weighted by molar-refractivity contribution is 0.317. The molecule has 0 amide bonds. The van der Waals surface area contributed by atoms with E-state index < -0.39 is 0 Å². The summed E-state index contributed by atoms with van der Waals surface area (Å²) >= 11 is 1.27. The van der Waals surface area contributed by atoms with Crippen LogP contribution in [0, 0.1) is 0 Å². The second kappa shape index (κ2) is 6.06. The van der Waals surface area contributed by atoms with Gasteiger partial charge in [0.1, 0.15) is 0 Å². The molecule has 0 aliphatic heterocycles. The van der Waals surface area contributed by atoms with E-state index in [0.29, 0.717) is 6.04 Å². The standard InChI is InChI=1S/C9H18N4S/c1-8(2)10-4-5-13(3)7-9-6-11-14-12-9/h6,8,10H,4-5,7H2,1-3H3. The number of hydrogen-bond donors (Lipinski definition) is 1. The SMILES string of the molecule is CC(C)NCCN(C)Cc1cnsn1. The number of nitrogens with zero attached hydrogens (tertiary/aromatic N) is 3. The van der Waals surface area contributed by atoms with Crippen molar-refractivity contribution in [3.05, 3.63) is 11.9 Å². The first-order chi connectivity index (χ1) is 6.68. The molecule has 5 heteroatoms. The van der Waals surface area contributed by atoms with Gasteiger partial charge in [-0.25, -0.2) is 0 Å². The number of rotatable bonds is 6. The molecule has 0 aliphatic carbocycles. The zero-order chi connectivity index (χ0) is 10.4. The molecule has 0 spiro atoms. The Kier molecular flexibility index (Phi) is 5.00. The summed E-state index contributed by atoms with van der Waals surface area (Å²) in [5, 5.41) is 3.38. The smallest absolute Gasteiger partial charge is 0.0882 e. The van der Waals surface area contributed by atoms with Crippen molar-refractivity contribution < 1.29 is 0 Å². The molecule has 4 nitrogen and oxygen atoms in total. The molecule has 1 rings (SSSR count). The van der Waals surface area contributed by atoms with Crippen LogP contribution in [0.3, 0.4) is 0 Å². The zero-order valence-corrected chi connectivity index (χ0v) is 9.84. The average molecular weight is 214 g/mol. The van der Waals surface area contributed by atoms with E-state index in [0.717, 1.165) is 25.3 Å². The summed E-state index contributed by atoms with van der Waals surface area (Å²) in [5.41, 5.74) is 1.06. The van der Waals surface area contributed by atoms with Crippen molar-refractivity contribution in [1.82, 2.24) is 19.0 Å². The number of hydrogen-bond acceptors (Lipinski definition) is 5. The van der Waals surface area contributed by atoms with Gasteiger partial charge < -0.3 is 5.32 Å². The van der Waals surface area contributed by atoms with Gasteiger partial charge in [-0.3, -0.25) is 4.90 Å². The largest absolute Gasteiger partial charge is 0.313 e. The Morgan fingerprint density at radius 1 is 1.57 bits per heavy atom. The van der Waals surface area contributed by atoms with Crippen LogP contribution in [0.4, 0.5) is 0 Å². The summed E-state index contributed by atoms with van der Waals surface area (Å²) in [5.74, 6) is 0. The third-order valence-electron chi connectivity index (χ3n) is 1.88. The monoisotopic (exact) mass is 214 g/mol. The minimum absolute atomic E-state index is 0.560. The molecule has 0 unspecified atom stereocenters. The van der Waals surface area contributed by atoms with Crippen LogP contribution in [0.1, 0.15) is 19.5 Å². The van der Waals surface area contributed by atoms with Crippen LogP contribution in [0.15, 0.2) is 6.20 Å². The van der Waals surface area contributed by atoms with E-state index in [1.165, 1.54) is 11.7 Å². The van der Waals surface area contributed by atoms with Gasteiger partial charge in [0, 0.05) is 25.7 Å². The molecule has 80 valence electrons. The summed E-state index contributed by atoms with van der Waals surface area (Å²) < 4.78 is 8.14. The Hall–Kier alpha value is -0.520. The predicted molar refractivity (Wildman–Crippen MR) is 59.4 cm³/mol. The maximum absolute atomic E-state index is 4.17. The fourth-order valence-corrected chi connectivity index (χ4v) is 1.58. The van der Waals surface area contributed by atoms with E-state index in [-0.39, 0.29) is 0 Å². The molecule has 0 bridgehead atoms. The first-order valence-corrected chi connectivity index (χ1v) is 5.60. The molecule has 0 fully saturated rings. The summed E-state index contributed by atoms with van der Waals surface area (Å²) in [7, 11) is 2.10. The van der Waals surface area contributed by atoms with Crippen LogP contribution in [0.25, 0.3) is 0 Å². The fraction of sp³-hybridized carbons (Fsp3) is 0.778. The summed E-state index contributed by atoms with van der Waals surface area (Å²) in [4.78, 5) is 2.24. The summed E-state index contributed by atoms with van der Waals surface area (Å²) in [6, 6.07) is 0.560. The molecule has 0 radical (unpaired) electrons. The molecule has 14 heavy (non-hydrogen) atoms. The molecule has 0 saturated heterocycles. The quantitative estimate of drug-likeness (QED) is 0.766. The molecule has 1 heterocycles. The van der Waals surface area contributed by atoms with Crippen LogP contribution in [0.2, 0.25) is 0 Å². The van der Waals surface area contributed by atoms with E-state index in [2.05, 4.69) is 39.9 Å². The van der Waals surface area contributed by atoms with E-state index in [9.17, 15) is 0 Å². The van der Waals surface area contributed by atoms with E-state index >= 15 is 0 Å². The number of likely N-dealkylation sites (N-methyl/N-ethyl adjacent to an activating group) is 1. The normalized spacial score (nSPS) is 11.5. The predicted octanol–water partition coefficient (Wildman–Crippen LogP) is 0.968. The van der Waals surface area contributed by atoms with Crippen molar-refractivity contribution in [2.75, 3.05) is 20.1 Å². The van der Waals surface area contributed by atoms with E-state index in [1.807, 2.05) is 6.20 Å². The minimum atomic E-state index is 0.560. The molecular formula is C9H18N4S. The summed E-state index contributed by atoms with van der Waals surface area (Å²) in [6.07, 6.45) is 1.83. The van der Waals surface area contributed by atoms with Crippen LogP contribution in [-0.4, -0.2) is 39.8 Å². The second-order valence-electron chi connectivity index (χ2n) is 3.75. The molecule has 0 atom stereocenters. The van der Waals surface area contributed by atoms with Crippen LogP contribution < -0.4 is 5.32 Å². The average Bonchev–Trinajstić information content (AvgIpc) is 2.56. The van der Waals surface area contributed by atoms with E-state index in [4.69, 9.17) is 0 Å². The van der Waals surface area contributed by atoms with Gasteiger partial charge in [0.25, 0.3) is 0 Å². The molecule has 0 aromatic carbocycles. The first-order valence-electron chi connectivity index (χ1n) is 4.87. The Balaban J connectivity index is 2.13. The highest BCUT2D eigenvalue weighted by Crippen LogP contribution is 1.98. The van der Waals surface area contributed by atoms with Gasteiger partial charge in [0.15, 0.2) is 0 Å². The Bertz CT molecular complexity index is 235. The van der Waals surface area contributed by atoms with Crippen molar-refractivity contribution in [1.29, 1.82) is 0 Å². The zero-order valence-electron chi connectivity index (χ0n) is 9.03. The van der Waals surface area contributed by atoms with Crippen molar-refractivity contribution in [2.45, 2.75) is 26.4 Å². The maximum Gasteiger partial charge on any atom is 0.0882 e. The van der Waals surface area contributed by atoms with Crippen molar-refractivity contribution in [2.24, 2.45) is 0 Å². The van der Waals surface area contributed by atoms with E-state index in [1.54, 1.807) is 0 Å².